The van der Waals surface area contributed by atoms with Gasteiger partial charge in [0.2, 0.25) is 5.76 Å². The number of aliphatic carboxylic acids is 1. The first-order valence-corrected chi connectivity index (χ1v) is 16.2. The van der Waals surface area contributed by atoms with Crippen LogP contribution in [0.3, 0.4) is 0 Å². The van der Waals surface area contributed by atoms with Crippen LogP contribution in [0.1, 0.15) is 59.6 Å². The van der Waals surface area contributed by atoms with Gasteiger partial charge in [0.15, 0.2) is 0 Å². The number of aromatic nitrogens is 2. The van der Waals surface area contributed by atoms with Crippen molar-refractivity contribution < 1.29 is 41.0 Å². The van der Waals surface area contributed by atoms with Gasteiger partial charge in [-0.2, -0.15) is 13.2 Å². The molecule has 6 rings (SSSR count). The van der Waals surface area contributed by atoms with E-state index in [-0.39, 0.29) is 60.7 Å². The number of carboxylic acids is 1. The average Bonchev–Trinajstić information content (AvgIpc) is 3.69. The first kappa shape index (κ1) is 35.2. The van der Waals surface area contributed by atoms with Gasteiger partial charge in [0.25, 0.3) is 5.56 Å². The summed E-state index contributed by atoms with van der Waals surface area (Å²) in [4.78, 5) is 41.5. The lowest BCUT2D eigenvalue weighted by atomic mass is 9.85. The maximum atomic E-state index is 14.9. The van der Waals surface area contributed by atoms with Crippen molar-refractivity contribution in [3.63, 3.8) is 0 Å². The third-order valence-corrected chi connectivity index (χ3v) is 9.30. The molecule has 1 spiro atoms. The van der Waals surface area contributed by atoms with E-state index in [9.17, 15) is 36.3 Å². The minimum Gasteiger partial charge on any atom is -0.481 e. The largest absolute Gasteiger partial charge is 0.481 e. The summed E-state index contributed by atoms with van der Waals surface area (Å²) in [6.07, 6.45) is -3.27. The number of fused-ring (bicyclic) bond motifs is 2. The number of hydrogen-bond donors (Lipinski definition) is 2. The van der Waals surface area contributed by atoms with Crippen molar-refractivity contribution in [3.8, 4) is 5.69 Å². The molecule has 0 unspecified atom stereocenters. The third kappa shape index (κ3) is 7.16. The quantitative estimate of drug-likeness (QED) is 0.157. The molecule has 4 aromatic rings. The van der Waals surface area contributed by atoms with E-state index in [4.69, 9.17) is 14.3 Å². The maximum absolute atomic E-state index is 14.9. The number of ether oxygens (including phenoxy) is 1. The molecule has 2 N–H and O–H groups in total. The van der Waals surface area contributed by atoms with E-state index in [1.54, 1.807) is 24.3 Å². The van der Waals surface area contributed by atoms with Crippen LogP contribution in [0, 0.1) is 11.6 Å². The van der Waals surface area contributed by atoms with E-state index in [1.807, 2.05) is 4.90 Å². The molecular formula is C35H35F5N4O6. The first-order valence-electron chi connectivity index (χ1n) is 16.2. The maximum Gasteiger partial charge on any atom is 0.449 e. The van der Waals surface area contributed by atoms with Gasteiger partial charge < -0.3 is 19.6 Å². The second kappa shape index (κ2) is 14.3. The van der Waals surface area contributed by atoms with Crippen LogP contribution in [0.2, 0.25) is 0 Å². The van der Waals surface area contributed by atoms with E-state index >= 15 is 0 Å². The highest BCUT2D eigenvalue weighted by Crippen LogP contribution is 2.43. The summed E-state index contributed by atoms with van der Waals surface area (Å²) in [7, 11) is 0. The van der Waals surface area contributed by atoms with Crippen molar-refractivity contribution in [1.82, 2.24) is 19.4 Å². The van der Waals surface area contributed by atoms with E-state index in [2.05, 4.69) is 5.32 Å². The van der Waals surface area contributed by atoms with Gasteiger partial charge in [0.1, 0.15) is 23.0 Å². The van der Waals surface area contributed by atoms with Crippen molar-refractivity contribution in [3.05, 3.63) is 121 Å². The molecule has 0 radical (unpaired) electrons. The Kier molecular flexibility index (Phi) is 10.1. The molecule has 0 saturated carbocycles. The molecule has 1 fully saturated rings. The number of alkyl halides is 3. The van der Waals surface area contributed by atoms with Crippen LogP contribution in [0.4, 0.5) is 22.0 Å². The minimum absolute atomic E-state index is 0.0136. The zero-order chi connectivity index (χ0) is 35.6. The summed E-state index contributed by atoms with van der Waals surface area (Å²) in [5.41, 5.74) is -1.59. The predicted octanol–water partition coefficient (Wildman–Crippen LogP) is 4.96. The van der Waals surface area contributed by atoms with Gasteiger partial charge in [-0.3, -0.25) is 19.1 Å². The number of nitrogens with one attached hydrogen (secondary N) is 1. The van der Waals surface area contributed by atoms with Crippen LogP contribution in [-0.4, -0.2) is 51.3 Å². The number of hydrogen-bond acceptors (Lipinski definition) is 7. The lowest BCUT2D eigenvalue weighted by Crippen LogP contribution is -2.48. The molecule has 266 valence electrons. The van der Waals surface area contributed by atoms with Gasteiger partial charge in [-0.15, -0.1) is 0 Å². The lowest BCUT2D eigenvalue weighted by molar-refractivity contribution is -0.153. The molecule has 2 aliphatic heterocycles. The van der Waals surface area contributed by atoms with E-state index in [0.717, 1.165) is 22.8 Å². The van der Waals surface area contributed by atoms with E-state index in [1.165, 1.54) is 16.7 Å². The molecule has 2 aromatic heterocycles. The normalized spacial score (nSPS) is 15.9. The fraction of sp³-hybridized carbons (Fsp3) is 0.400. The summed E-state index contributed by atoms with van der Waals surface area (Å²) in [6, 6.07) is 12.3. The topological polar surface area (TPSA) is 119 Å². The van der Waals surface area contributed by atoms with Crippen molar-refractivity contribution in [2.45, 2.75) is 63.6 Å². The molecule has 4 heterocycles. The third-order valence-electron chi connectivity index (χ3n) is 9.30. The van der Waals surface area contributed by atoms with Crippen LogP contribution >= 0.6 is 0 Å². The van der Waals surface area contributed by atoms with Crippen molar-refractivity contribution in [1.29, 1.82) is 0 Å². The first-order chi connectivity index (χ1) is 23.9. The zero-order valence-electron chi connectivity index (χ0n) is 26.9. The fourth-order valence-electron chi connectivity index (χ4n) is 6.75. The van der Waals surface area contributed by atoms with E-state index in [0.29, 0.717) is 44.6 Å². The number of likely N-dealkylation sites (tertiary alicyclic amines) is 1. The molecule has 0 aliphatic carbocycles. The highest BCUT2D eigenvalue weighted by Gasteiger charge is 2.47. The minimum atomic E-state index is -4.61. The number of furan rings is 1. The Bertz CT molecular complexity index is 1970. The molecule has 2 aliphatic rings. The molecule has 50 heavy (non-hydrogen) atoms. The number of benzene rings is 2. The average molecular weight is 703 g/mol. The molecule has 15 heteroatoms. The zero-order valence-corrected chi connectivity index (χ0v) is 26.9. The van der Waals surface area contributed by atoms with Gasteiger partial charge in [0.05, 0.1) is 36.6 Å². The van der Waals surface area contributed by atoms with Gasteiger partial charge in [-0.25, -0.2) is 18.1 Å². The molecule has 0 amide bonds. The van der Waals surface area contributed by atoms with E-state index < -0.39 is 52.9 Å². The Labute approximate surface area is 282 Å². The second-order valence-corrected chi connectivity index (χ2v) is 12.5. The lowest BCUT2D eigenvalue weighted by Gasteiger charge is -2.38. The van der Waals surface area contributed by atoms with Crippen LogP contribution in [-0.2, 0) is 47.4 Å². The standard InChI is InChI=1S/C35H35F5N4O6/c36-25-6-3-7-26(37)24(25)20-43-28-21-49-34(13-17-42(18-14-34)19-23-10-11-29(50-23)35(38,39)40)31(28)32(47)44(33(43)48)27-8-2-1-5-22(27)12-16-41-15-4-9-30(45)46/h1-3,5-8,10-11,41H,4,9,12-21H2,(H,45,46). The van der Waals surface area contributed by atoms with Crippen molar-refractivity contribution >= 4 is 5.97 Å². The SMILES string of the molecule is O=C(O)CCCNCCc1ccccc1-n1c(=O)c2c(n(Cc3c(F)cccc3F)c1=O)COC21CCN(Cc2ccc(C(F)(F)F)o2)CC1. The number of piperidine rings is 1. The second-order valence-electron chi connectivity index (χ2n) is 12.5. The number of para-hydroxylation sites is 1. The molecular weight excluding hydrogens is 667 g/mol. The molecule has 0 atom stereocenters. The molecule has 2 aromatic carbocycles. The van der Waals surface area contributed by atoms with Gasteiger partial charge >= 0.3 is 17.8 Å². The van der Waals surface area contributed by atoms with Gasteiger partial charge in [-0.05, 0) is 74.7 Å². The highest BCUT2D eigenvalue weighted by molar-refractivity contribution is 5.66. The number of carboxylic acid groups (broad SMARTS) is 1. The number of nitrogens with zero attached hydrogens (tertiary/aromatic N) is 3. The molecule has 1 saturated heterocycles. The summed E-state index contributed by atoms with van der Waals surface area (Å²) in [5, 5.41) is 12.1. The number of halogens is 5. The summed E-state index contributed by atoms with van der Waals surface area (Å²) >= 11 is 0. The number of rotatable bonds is 12. The summed E-state index contributed by atoms with van der Waals surface area (Å²) in [5.74, 6) is -3.56. The molecule has 0 bridgehead atoms. The smallest absolute Gasteiger partial charge is 0.449 e. The Balaban J connectivity index is 1.35. The Morgan fingerprint density at radius 1 is 0.940 bits per heavy atom. The van der Waals surface area contributed by atoms with Crippen LogP contribution < -0.4 is 16.6 Å². The number of carbonyl (C=O) groups is 1. The Morgan fingerprint density at radius 2 is 1.66 bits per heavy atom. The molecule has 10 nitrogen and oxygen atoms in total. The predicted molar refractivity (Wildman–Crippen MR) is 170 cm³/mol. The van der Waals surface area contributed by atoms with Crippen LogP contribution in [0.25, 0.3) is 5.69 Å². The Hall–Kier alpha value is -4.60. The van der Waals surface area contributed by atoms with Crippen LogP contribution in [0.15, 0.2) is 68.6 Å². The highest BCUT2D eigenvalue weighted by atomic mass is 19.4. The van der Waals surface area contributed by atoms with Crippen LogP contribution in [0.5, 0.6) is 0 Å². The van der Waals surface area contributed by atoms with Crippen molar-refractivity contribution in [2.75, 3.05) is 26.2 Å². The fourth-order valence-corrected chi connectivity index (χ4v) is 6.75. The monoisotopic (exact) mass is 702 g/mol. The van der Waals surface area contributed by atoms with Gasteiger partial charge in [0, 0.05) is 25.1 Å². The van der Waals surface area contributed by atoms with Gasteiger partial charge in [-0.1, -0.05) is 24.3 Å². The summed E-state index contributed by atoms with van der Waals surface area (Å²) < 4.78 is 82.6. The Morgan fingerprint density at radius 3 is 2.34 bits per heavy atom. The summed E-state index contributed by atoms with van der Waals surface area (Å²) in [6.45, 7) is 0.971. The van der Waals surface area contributed by atoms with Crippen molar-refractivity contribution in [2.24, 2.45) is 0 Å².